The average molecular weight is 567 g/mol. The Hall–Kier alpha value is 2.99. The van der Waals surface area contributed by atoms with Crippen LogP contribution in [0.5, 0.6) is 0 Å². The largest absolute Gasteiger partial charge is 0 e. The van der Waals surface area contributed by atoms with E-state index in [2.05, 4.69) is 0 Å². The Labute approximate surface area is 89.1 Å². The molecule has 0 saturated carbocycles. The van der Waals surface area contributed by atoms with Gasteiger partial charge >= 0.3 is 51.2 Å². The summed E-state index contributed by atoms with van der Waals surface area (Å²) >= 11 is 0. The van der Waals surface area contributed by atoms with Crippen molar-refractivity contribution in [1.82, 2.24) is 0 Å². The third-order valence-electron chi connectivity index (χ3n) is 0. The first-order chi connectivity index (χ1) is 0. The zero-order valence-electron chi connectivity index (χ0n) is 1.56. The topological polar surface area (TPSA) is 0 Å². The van der Waals surface area contributed by atoms with Crippen molar-refractivity contribution in [3.05, 3.63) is 0 Å². The molecule has 0 aromatic heterocycles. The van der Waals surface area contributed by atoms with Gasteiger partial charge in [0.2, 0.25) is 0 Å². The van der Waals surface area contributed by atoms with Crippen LogP contribution in [0.2, 0.25) is 0 Å². The van der Waals surface area contributed by atoms with E-state index in [0.717, 1.165) is 0 Å². The van der Waals surface area contributed by atoms with E-state index in [1.54, 1.807) is 0 Å². The first kappa shape index (κ1) is 28.0. The molecule has 0 rings (SSSR count). The summed E-state index contributed by atoms with van der Waals surface area (Å²) in [7, 11) is 0. The molecule has 0 bridgehead atoms. The van der Waals surface area contributed by atoms with Crippen molar-refractivity contribution in [2.24, 2.45) is 0 Å². The first-order valence-corrected chi connectivity index (χ1v) is 0. The molecule has 0 atom stereocenters. The van der Waals surface area contributed by atoms with Crippen LogP contribution in [0.25, 0.3) is 0 Å². The molecule has 0 unspecified atom stereocenters. The van der Waals surface area contributed by atoms with E-state index in [0.29, 0.717) is 0 Å². The molecule has 0 amide bonds. The van der Waals surface area contributed by atoms with Crippen LogP contribution >= 0.6 is 0 Å². The number of hydrogen-bond donors (Lipinski definition) is 0. The minimum atomic E-state index is 0. The van der Waals surface area contributed by atoms with Gasteiger partial charge in [-0.15, -0.1) is 0 Å². The minimum absolute atomic E-state index is 0. The Morgan fingerprint density at radius 2 is 1.00 bits per heavy atom. The van der Waals surface area contributed by atoms with E-state index < -0.39 is 0 Å². The van der Waals surface area contributed by atoms with Crippen LogP contribution in [0.1, 0.15) is 0 Å². The maximum Gasteiger partial charge on any atom is 0 e. The summed E-state index contributed by atoms with van der Waals surface area (Å²) < 4.78 is 0. The Morgan fingerprint density at radius 3 is 1.00 bits per heavy atom. The number of rotatable bonds is 0. The van der Waals surface area contributed by atoms with Gasteiger partial charge in [0.05, 0.1) is 0 Å². The van der Waals surface area contributed by atoms with Crippen molar-refractivity contribution in [2.45, 2.75) is 0 Å². The molecule has 0 nitrogen and oxygen atoms in total. The smallest absolute Gasteiger partial charge is 0 e. The summed E-state index contributed by atoms with van der Waals surface area (Å²) in [5, 5.41) is 0. The van der Waals surface area contributed by atoms with Gasteiger partial charge in [0.25, 0.3) is 0 Å². The maximum absolute atomic E-state index is 0. The minimum Gasteiger partial charge on any atom is 0 e. The molecule has 3 radical (unpaired) electrons. The van der Waals surface area contributed by atoms with Crippen molar-refractivity contribution in [1.29, 1.82) is 0 Å². The van der Waals surface area contributed by atoms with E-state index in [9.17, 15) is 0 Å². The third-order valence-corrected chi connectivity index (χ3v) is 0. The van der Waals surface area contributed by atoms with Gasteiger partial charge in [-0.3, -0.25) is 0 Å². The van der Waals surface area contributed by atoms with Gasteiger partial charge in [-0.25, -0.2) is 0 Å². The molecular formula is H6PbSnVW. The molecule has 0 aliphatic carbocycles. The molecule has 0 aliphatic rings. The summed E-state index contributed by atoms with van der Waals surface area (Å²) in [4.78, 5) is 0. The fourth-order valence-electron chi connectivity index (χ4n) is 0. The van der Waals surface area contributed by atoms with Crippen LogP contribution in [0.15, 0.2) is 0 Å². The standard InChI is InChI=1S/Pb.Sn.V.W.6H. The van der Waals surface area contributed by atoms with Crippen molar-refractivity contribution in [2.75, 3.05) is 0 Å². The summed E-state index contributed by atoms with van der Waals surface area (Å²) in [5.74, 6) is 0. The van der Waals surface area contributed by atoms with Crippen LogP contribution in [-0.4, -0.2) is 51.2 Å². The predicted octanol–water partition coefficient (Wildman–Crippen LogP) is -2.37. The SMILES string of the molecule is [PbH2].[SnH4].[V].[W]. The molecule has 0 spiro atoms. The van der Waals surface area contributed by atoms with Gasteiger partial charge < -0.3 is 0 Å². The monoisotopic (exact) mass is 569 g/mol. The van der Waals surface area contributed by atoms with Crippen LogP contribution in [0, 0.1) is 0 Å². The van der Waals surface area contributed by atoms with Crippen LogP contribution < -0.4 is 0 Å². The molecule has 0 fully saturated rings. The molecule has 0 aromatic rings. The number of hydrogen-bond acceptors (Lipinski definition) is 0. The average Bonchev–Trinajstić information content (AvgIpc) is 0. The first-order valence-electron chi connectivity index (χ1n) is 0. The molecule has 25 valence electrons. The second kappa shape index (κ2) is 16.7. The van der Waals surface area contributed by atoms with Crippen molar-refractivity contribution in [3.8, 4) is 0 Å². The van der Waals surface area contributed by atoms with Crippen molar-refractivity contribution < 1.29 is 39.6 Å². The summed E-state index contributed by atoms with van der Waals surface area (Å²) in [6.07, 6.45) is 0. The predicted molar refractivity (Wildman–Crippen MR) is 19.9 cm³/mol. The van der Waals surface area contributed by atoms with E-state index in [1.807, 2.05) is 0 Å². The molecule has 0 heterocycles. The second-order valence-electron chi connectivity index (χ2n) is 0. The summed E-state index contributed by atoms with van der Waals surface area (Å²) in [6.45, 7) is 0. The van der Waals surface area contributed by atoms with Gasteiger partial charge in [0, 0.05) is 39.6 Å². The van der Waals surface area contributed by atoms with Crippen molar-refractivity contribution >= 4 is 51.2 Å². The van der Waals surface area contributed by atoms with Gasteiger partial charge in [0.1, 0.15) is 0 Å². The van der Waals surface area contributed by atoms with E-state index in [4.69, 9.17) is 0 Å². The Kier molecular flexibility index (Phi) is 117. The molecule has 0 aliphatic heterocycles. The normalized spacial score (nSPS) is 0. The molecule has 0 saturated heterocycles. The van der Waals surface area contributed by atoms with Gasteiger partial charge in [-0.05, 0) is 0 Å². The molecule has 0 N–H and O–H groups in total. The quantitative estimate of drug-likeness (QED) is 0.288. The molecular weight excluding hydrogens is 561 g/mol. The zero-order chi connectivity index (χ0) is 0. The van der Waals surface area contributed by atoms with E-state index in [-0.39, 0.29) is 90.8 Å². The second-order valence-corrected chi connectivity index (χ2v) is 0. The zero-order valence-corrected chi connectivity index (χ0v) is 11.4. The maximum atomic E-state index is 0. The van der Waals surface area contributed by atoms with E-state index in [1.165, 1.54) is 0 Å². The van der Waals surface area contributed by atoms with Crippen LogP contribution in [-0.2, 0) is 39.6 Å². The van der Waals surface area contributed by atoms with E-state index >= 15 is 0 Å². The Morgan fingerprint density at radius 1 is 1.00 bits per heavy atom. The Balaban J connectivity index is 0. The fourth-order valence-corrected chi connectivity index (χ4v) is 0. The Bertz CT molecular complexity index is 8.00. The fraction of sp³-hybridized carbons (Fsp3) is 0. The van der Waals surface area contributed by atoms with Gasteiger partial charge in [0.15, 0.2) is 0 Å². The van der Waals surface area contributed by atoms with Gasteiger partial charge in [-0.1, -0.05) is 0 Å². The molecule has 4 heavy (non-hydrogen) atoms. The third kappa shape index (κ3) is 8.89. The molecule has 0 aromatic carbocycles. The van der Waals surface area contributed by atoms with Gasteiger partial charge in [-0.2, -0.15) is 0 Å². The summed E-state index contributed by atoms with van der Waals surface area (Å²) in [6, 6.07) is 0. The van der Waals surface area contributed by atoms with Crippen molar-refractivity contribution in [3.63, 3.8) is 0 Å². The van der Waals surface area contributed by atoms with Crippen LogP contribution in [0.4, 0.5) is 0 Å². The molecule has 4 heteroatoms. The summed E-state index contributed by atoms with van der Waals surface area (Å²) in [5.41, 5.74) is 0. The van der Waals surface area contributed by atoms with Crippen LogP contribution in [0.3, 0.4) is 0 Å².